The van der Waals surface area contributed by atoms with Gasteiger partial charge in [-0.25, -0.2) is 0 Å². The van der Waals surface area contributed by atoms with Gasteiger partial charge < -0.3 is 15.7 Å². The lowest BCUT2D eigenvalue weighted by atomic mass is 9.92. The van der Waals surface area contributed by atoms with E-state index >= 15 is 0 Å². The van der Waals surface area contributed by atoms with Crippen molar-refractivity contribution in [2.24, 2.45) is 5.41 Å². The molecule has 25 heavy (non-hydrogen) atoms. The third kappa shape index (κ3) is 7.55. The van der Waals surface area contributed by atoms with Crippen molar-refractivity contribution < 1.29 is 27.9 Å². The summed E-state index contributed by atoms with van der Waals surface area (Å²) < 4.78 is 38.7. The maximum absolute atomic E-state index is 12.9. The molecule has 3 N–H and O–H groups in total. The Morgan fingerprint density at radius 3 is 2.24 bits per heavy atom. The quantitative estimate of drug-likeness (QED) is 0.729. The lowest BCUT2D eigenvalue weighted by molar-refractivity contribution is -0.139. The van der Waals surface area contributed by atoms with Gasteiger partial charge >= 0.3 is 6.18 Å². The summed E-state index contributed by atoms with van der Waals surface area (Å²) in [7, 11) is 0. The predicted molar refractivity (Wildman–Crippen MR) is 86.5 cm³/mol. The molecule has 8 heteroatoms. The highest BCUT2D eigenvalue weighted by Crippen LogP contribution is 2.34. The first-order valence-corrected chi connectivity index (χ1v) is 7.78. The minimum atomic E-state index is -4.59. The molecular weight excluding hydrogens is 337 g/mol. The van der Waals surface area contributed by atoms with Gasteiger partial charge in [-0.05, 0) is 17.0 Å². The minimum absolute atomic E-state index is 0.224. The minimum Gasteiger partial charge on any atom is -0.387 e. The second kappa shape index (κ2) is 8.33. The summed E-state index contributed by atoms with van der Waals surface area (Å²) >= 11 is 0. The first kappa shape index (κ1) is 21.0. The van der Waals surface area contributed by atoms with Crippen LogP contribution in [0.5, 0.6) is 0 Å². The lowest BCUT2D eigenvalue weighted by Gasteiger charge is -2.19. The van der Waals surface area contributed by atoms with Crippen LogP contribution in [0.15, 0.2) is 24.3 Å². The highest BCUT2D eigenvalue weighted by Gasteiger charge is 2.34. The van der Waals surface area contributed by atoms with Gasteiger partial charge in [0.15, 0.2) is 0 Å². The van der Waals surface area contributed by atoms with E-state index in [1.807, 2.05) is 20.8 Å². The molecule has 0 unspecified atom stereocenters. The molecule has 0 bridgehead atoms. The molecule has 0 aliphatic heterocycles. The van der Waals surface area contributed by atoms with E-state index < -0.39 is 23.8 Å². The van der Waals surface area contributed by atoms with Gasteiger partial charge in [0, 0.05) is 13.0 Å². The van der Waals surface area contributed by atoms with Gasteiger partial charge in [0.2, 0.25) is 11.8 Å². The van der Waals surface area contributed by atoms with Gasteiger partial charge in [0.1, 0.15) is 0 Å². The molecule has 0 fully saturated rings. The molecule has 0 heterocycles. The number of aliphatic hydroxyl groups is 1. The fourth-order valence-corrected chi connectivity index (χ4v) is 2.15. The van der Waals surface area contributed by atoms with Crippen molar-refractivity contribution in [3.63, 3.8) is 0 Å². The van der Waals surface area contributed by atoms with Gasteiger partial charge in [0.25, 0.3) is 0 Å². The normalized spacial score (nSPS) is 13.2. The highest BCUT2D eigenvalue weighted by molar-refractivity contribution is 5.84. The summed E-state index contributed by atoms with van der Waals surface area (Å²) in [6.07, 6.45) is -5.86. The Hall–Kier alpha value is -2.09. The Balaban J connectivity index is 2.53. The van der Waals surface area contributed by atoms with E-state index in [1.54, 1.807) is 0 Å². The average Bonchev–Trinajstić information content (AvgIpc) is 2.48. The Bertz CT molecular complexity index is 610. The zero-order chi connectivity index (χ0) is 19.3. The zero-order valence-electron chi connectivity index (χ0n) is 14.4. The first-order valence-electron chi connectivity index (χ1n) is 7.78. The topological polar surface area (TPSA) is 78.4 Å². The van der Waals surface area contributed by atoms with Crippen molar-refractivity contribution in [2.75, 3.05) is 13.1 Å². The number of halogens is 3. The molecule has 0 saturated carbocycles. The van der Waals surface area contributed by atoms with Crippen molar-refractivity contribution in [1.82, 2.24) is 10.6 Å². The number of carbonyl (C=O) groups excluding carboxylic acids is 2. The number of nitrogens with one attached hydrogen (secondary N) is 2. The summed E-state index contributed by atoms with van der Waals surface area (Å²) in [5.74, 6) is -0.892. The molecule has 1 aromatic rings. The lowest BCUT2D eigenvalue weighted by Crippen LogP contribution is -2.39. The number of carbonyl (C=O) groups is 2. The second-order valence-electron chi connectivity index (χ2n) is 6.92. The van der Waals surface area contributed by atoms with Gasteiger partial charge in [-0.15, -0.1) is 0 Å². The average molecular weight is 360 g/mol. The third-order valence-electron chi connectivity index (χ3n) is 3.25. The molecule has 0 aromatic heterocycles. The number of amides is 2. The van der Waals surface area contributed by atoms with Crippen molar-refractivity contribution in [3.05, 3.63) is 35.4 Å². The molecule has 140 valence electrons. The molecular formula is C17H23F3N2O3. The highest BCUT2D eigenvalue weighted by atomic mass is 19.4. The Labute approximate surface area is 144 Å². The van der Waals surface area contributed by atoms with E-state index in [2.05, 4.69) is 10.6 Å². The monoisotopic (exact) mass is 360 g/mol. The summed E-state index contributed by atoms with van der Waals surface area (Å²) in [6, 6.07) is 4.63. The number of aliphatic hydroxyl groups excluding tert-OH is 1. The molecule has 0 radical (unpaired) electrons. The van der Waals surface area contributed by atoms with Crippen LogP contribution in [-0.4, -0.2) is 30.0 Å². The molecule has 2 amide bonds. The van der Waals surface area contributed by atoms with Gasteiger partial charge in [-0.3, -0.25) is 9.59 Å². The molecule has 0 aliphatic carbocycles. The summed E-state index contributed by atoms with van der Waals surface area (Å²) in [5, 5.41) is 14.7. The molecule has 0 saturated heterocycles. The summed E-state index contributed by atoms with van der Waals surface area (Å²) in [4.78, 5) is 23.3. The molecule has 5 nitrogen and oxygen atoms in total. The SMILES string of the molecule is CC(C)(C)CC(=O)NCC(=O)NC[C@H](O)c1ccccc1C(F)(F)F. The number of hydrogen-bond acceptors (Lipinski definition) is 3. The van der Waals surface area contributed by atoms with E-state index in [1.165, 1.54) is 12.1 Å². The smallest absolute Gasteiger partial charge is 0.387 e. The van der Waals surface area contributed by atoms with Crippen LogP contribution < -0.4 is 10.6 Å². The van der Waals surface area contributed by atoms with E-state index in [4.69, 9.17) is 0 Å². The van der Waals surface area contributed by atoms with Crippen LogP contribution in [0.1, 0.15) is 44.4 Å². The van der Waals surface area contributed by atoms with Crippen LogP contribution in [0, 0.1) is 5.41 Å². The predicted octanol–water partition coefficient (Wildman–Crippen LogP) is 2.41. The fourth-order valence-electron chi connectivity index (χ4n) is 2.15. The Morgan fingerprint density at radius 2 is 1.68 bits per heavy atom. The zero-order valence-corrected chi connectivity index (χ0v) is 14.4. The third-order valence-corrected chi connectivity index (χ3v) is 3.25. The largest absolute Gasteiger partial charge is 0.416 e. The number of benzene rings is 1. The van der Waals surface area contributed by atoms with Gasteiger partial charge in [-0.1, -0.05) is 39.0 Å². The van der Waals surface area contributed by atoms with Crippen molar-refractivity contribution in [2.45, 2.75) is 39.5 Å². The van der Waals surface area contributed by atoms with E-state index in [-0.39, 0.29) is 36.4 Å². The maximum Gasteiger partial charge on any atom is 0.416 e. The van der Waals surface area contributed by atoms with E-state index in [0.29, 0.717) is 0 Å². The molecule has 1 rings (SSSR count). The fraction of sp³-hybridized carbons (Fsp3) is 0.529. The van der Waals surface area contributed by atoms with Crippen LogP contribution in [0.25, 0.3) is 0 Å². The molecule has 0 aliphatic rings. The van der Waals surface area contributed by atoms with Crippen LogP contribution in [0.4, 0.5) is 13.2 Å². The number of hydrogen-bond donors (Lipinski definition) is 3. The first-order chi connectivity index (χ1) is 11.4. The van der Waals surface area contributed by atoms with E-state index in [9.17, 15) is 27.9 Å². The van der Waals surface area contributed by atoms with E-state index in [0.717, 1.165) is 12.1 Å². The maximum atomic E-state index is 12.9. The van der Waals surface area contributed by atoms with Crippen LogP contribution in [0.3, 0.4) is 0 Å². The van der Waals surface area contributed by atoms with Crippen molar-refractivity contribution in [3.8, 4) is 0 Å². The summed E-state index contributed by atoms with van der Waals surface area (Å²) in [6.45, 7) is 4.94. The van der Waals surface area contributed by atoms with Gasteiger partial charge in [0.05, 0.1) is 18.2 Å². The Kier molecular flexibility index (Phi) is 6.98. The van der Waals surface area contributed by atoms with Crippen LogP contribution in [-0.2, 0) is 15.8 Å². The Morgan fingerprint density at radius 1 is 1.08 bits per heavy atom. The van der Waals surface area contributed by atoms with Gasteiger partial charge in [-0.2, -0.15) is 13.2 Å². The van der Waals surface area contributed by atoms with Crippen LogP contribution in [0.2, 0.25) is 0 Å². The second-order valence-corrected chi connectivity index (χ2v) is 6.92. The van der Waals surface area contributed by atoms with Crippen molar-refractivity contribution >= 4 is 11.8 Å². The van der Waals surface area contributed by atoms with Crippen molar-refractivity contribution in [1.29, 1.82) is 0 Å². The molecule has 0 spiro atoms. The molecule has 1 atom stereocenters. The number of alkyl halides is 3. The van der Waals surface area contributed by atoms with Crippen LogP contribution >= 0.6 is 0 Å². The summed E-state index contributed by atoms with van der Waals surface area (Å²) in [5.41, 5.74) is -1.49. The number of rotatable bonds is 6. The molecule has 1 aromatic carbocycles. The standard InChI is InChI=1S/C17H23F3N2O3/c1-16(2,3)8-14(24)22-10-15(25)21-9-13(23)11-6-4-5-7-12(11)17(18,19)20/h4-7,13,23H,8-10H2,1-3H3,(H,21,25)(H,22,24)/t13-/m0/s1.